The number of cyclic esters (lactones) is 2. The van der Waals surface area contributed by atoms with Crippen molar-refractivity contribution in [2.75, 3.05) is 68.2 Å². The predicted octanol–water partition coefficient (Wildman–Crippen LogP) is 5.73. The molecule has 2 aliphatic heterocycles. The van der Waals surface area contributed by atoms with Crippen molar-refractivity contribution in [3.63, 3.8) is 0 Å². The first-order chi connectivity index (χ1) is 39.2. The largest absolute Gasteiger partial charge is 0.493 e. The van der Waals surface area contributed by atoms with Crippen LogP contribution in [0.5, 0.6) is 17.2 Å². The maximum Gasteiger partial charge on any atom is 0.330 e. The molecule has 3 aliphatic rings. The minimum absolute atomic E-state index is 0.0997. The zero-order chi connectivity index (χ0) is 59.5. The smallest absolute Gasteiger partial charge is 0.330 e. The van der Waals surface area contributed by atoms with Crippen LogP contribution in [0.4, 0.5) is 0 Å². The highest BCUT2D eigenvalue weighted by Gasteiger charge is 2.43. The number of rotatable bonds is 9. The second-order valence-electron chi connectivity index (χ2n) is 22.3. The van der Waals surface area contributed by atoms with E-state index in [4.69, 9.17) is 23.7 Å². The number of Topliss-reactive ketones (excluding diaryl/α,β-unsaturated/α-hetero) is 1. The third kappa shape index (κ3) is 17.9. The van der Waals surface area contributed by atoms with Gasteiger partial charge in [0.2, 0.25) is 29.4 Å². The first-order valence-electron chi connectivity index (χ1n) is 28.4. The monoisotopic (exact) mass is 1130 g/mol. The zero-order valence-corrected chi connectivity index (χ0v) is 48.8. The highest BCUT2D eigenvalue weighted by atomic mass is 16.5. The number of ketones is 1. The van der Waals surface area contributed by atoms with Crippen LogP contribution in [0.2, 0.25) is 0 Å². The summed E-state index contributed by atoms with van der Waals surface area (Å²) in [7, 11) is 7.56. The highest BCUT2D eigenvalue weighted by molar-refractivity contribution is 6.38. The van der Waals surface area contributed by atoms with E-state index in [1.807, 2.05) is 42.5 Å². The number of hydrogen-bond donors (Lipinski definition) is 2. The Hall–Kier alpha value is -7.77. The zero-order valence-electron chi connectivity index (χ0n) is 48.8. The molecule has 82 heavy (non-hydrogen) atoms. The van der Waals surface area contributed by atoms with E-state index in [1.165, 1.54) is 75.9 Å². The van der Waals surface area contributed by atoms with Gasteiger partial charge in [-0.05, 0) is 113 Å². The summed E-state index contributed by atoms with van der Waals surface area (Å²) in [4.78, 5) is 131. The number of nitrogens with zero attached hydrogens (tertiary/aromatic N) is 4. The fourth-order valence-corrected chi connectivity index (χ4v) is 10.5. The molecule has 20 nitrogen and oxygen atoms in total. The minimum atomic E-state index is -1.49. The number of ether oxygens (including phenoxy) is 5. The Morgan fingerprint density at radius 2 is 1.44 bits per heavy atom. The van der Waals surface area contributed by atoms with E-state index in [0.717, 1.165) is 48.1 Å². The molecule has 20 heteroatoms. The molecular weight excluding hydrogens is 1050 g/mol. The number of amides is 6. The lowest BCUT2D eigenvalue weighted by atomic mass is 9.84. The first-order valence-corrected chi connectivity index (χ1v) is 28.4. The second kappa shape index (κ2) is 30.3. The summed E-state index contributed by atoms with van der Waals surface area (Å²) in [5, 5.41) is 5.68. The van der Waals surface area contributed by atoms with Gasteiger partial charge in [0.15, 0.2) is 18.1 Å². The number of likely N-dealkylation sites (N-methyl/N-ethyl adjacent to an activating group) is 3. The average Bonchev–Trinajstić information content (AvgIpc) is 3.69. The molecule has 6 amide bonds. The Morgan fingerprint density at radius 1 is 0.720 bits per heavy atom. The van der Waals surface area contributed by atoms with E-state index in [9.17, 15) is 43.2 Å². The van der Waals surface area contributed by atoms with Crippen LogP contribution in [-0.2, 0) is 65.5 Å². The number of piperidine rings is 1. The van der Waals surface area contributed by atoms with Gasteiger partial charge in [0.05, 0.1) is 26.2 Å². The van der Waals surface area contributed by atoms with Crippen LogP contribution >= 0.6 is 0 Å². The van der Waals surface area contributed by atoms with Gasteiger partial charge in [-0.15, -0.1) is 0 Å². The summed E-state index contributed by atoms with van der Waals surface area (Å²) in [5.41, 5.74) is 0.625. The fourth-order valence-electron chi connectivity index (χ4n) is 10.5. The third-order valence-corrected chi connectivity index (χ3v) is 15.5. The van der Waals surface area contributed by atoms with E-state index in [2.05, 4.69) is 10.6 Å². The summed E-state index contributed by atoms with van der Waals surface area (Å²) in [6.07, 6.45) is 9.40. The molecule has 2 bridgehead atoms. The molecule has 1 saturated carbocycles. The van der Waals surface area contributed by atoms with Crippen LogP contribution in [0.25, 0.3) is 0 Å². The summed E-state index contributed by atoms with van der Waals surface area (Å²) < 4.78 is 28.7. The van der Waals surface area contributed by atoms with Crippen molar-refractivity contribution in [2.45, 2.75) is 135 Å². The van der Waals surface area contributed by atoms with Crippen LogP contribution in [0.1, 0.15) is 114 Å². The van der Waals surface area contributed by atoms with Crippen LogP contribution in [0.15, 0.2) is 84.9 Å². The molecule has 6 rings (SSSR count). The molecule has 2 N–H and O–H groups in total. The number of nitrogens with one attached hydrogen (secondary N) is 2. The molecule has 2 heterocycles. The minimum Gasteiger partial charge on any atom is -0.493 e. The van der Waals surface area contributed by atoms with Gasteiger partial charge in [-0.25, -0.2) is 9.59 Å². The Labute approximate surface area is 481 Å². The second-order valence-corrected chi connectivity index (χ2v) is 22.3. The number of benzene rings is 3. The number of esters is 2. The Balaban J connectivity index is 1.27. The molecule has 3 aromatic rings. The van der Waals surface area contributed by atoms with Gasteiger partial charge >= 0.3 is 11.9 Å². The lowest BCUT2D eigenvalue weighted by Crippen LogP contribution is -2.58. The van der Waals surface area contributed by atoms with Gasteiger partial charge < -0.3 is 53.9 Å². The number of hydrogen-bond acceptors (Lipinski definition) is 14. The number of carbonyl (C=O) groups excluding carboxylic acids is 9. The molecular formula is C62H82N6O14. The summed E-state index contributed by atoms with van der Waals surface area (Å²) in [6, 6.07) is 17.0. The van der Waals surface area contributed by atoms with Crippen molar-refractivity contribution in [3.8, 4) is 17.2 Å². The van der Waals surface area contributed by atoms with Crippen molar-refractivity contribution in [2.24, 2.45) is 11.3 Å². The maximum atomic E-state index is 14.6. The van der Waals surface area contributed by atoms with Gasteiger partial charge in [0.1, 0.15) is 42.6 Å². The van der Waals surface area contributed by atoms with E-state index in [0.29, 0.717) is 42.7 Å². The van der Waals surface area contributed by atoms with E-state index in [1.54, 1.807) is 37.4 Å². The van der Waals surface area contributed by atoms with Gasteiger partial charge in [0.25, 0.3) is 11.8 Å². The van der Waals surface area contributed by atoms with Crippen LogP contribution in [-0.4, -0.2) is 165 Å². The summed E-state index contributed by atoms with van der Waals surface area (Å²) >= 11 is 0. The van der Waals surface area contributed by atoms with E-state index in [-0.39, 0.29) is 56.3 Å². The van der Waals surface area contributed by atoms with Gasteiger partial charge in [-0.3, -0.25) is 33.6 Å². The normalized spacial score (nSPS) is 23.4. The Morgan fingerprint density at radius 3 is 2.16 bits per heavy atom. The standard InChI is InChI=1S/C62H82N6O14/c1-41-58(74)67(6)49(35-43-22-13-10-14-23-43)57(73)64-47(34-42-20-11-9-12-21-42)59(75)65(4)32-17-16-27-55(71)81-40-62(2,3)56(72)60(76)68-33-18-15-26-48(68)61(77)82-50(30-28-44-29-31-51(78-7)52(36-44)79-8)45-24-19-25-46(37-45)80-39-54(70)66(5)38-53(69)63-41/h10,13-14,16,19,22-25,27,29,31,36-37,41-42,47-50H,9,11-12,15,17-18,20-21,26,28,30,32-35,38-40H2,1-8H3,(H,63,69)(H,64,73)/t41-,47+,48+,49+,50-/m1/s1. The molecule has 444 valence electrons. The molecule has 0 radical (unpaired) electrons. The van der Waals surface area contributed by atoms with Crippen LogP contribution in [0, 0.1) is 11.3 Å². The van der Waals surface area contributed by atoms with E-state index >= 15 is 0 Å². The van der Waals surface area contributed by atoms with Gasteiger partial charge in [-0.2, -0.15) is 0 Å². The number of carbonyl (C=O) groups is 9. The quantitative estimate of drug-likeness (QED) is 0.193. The SMILES string of the molecule is COc1ccc(CC[C@H]2OC(=O)[C@@H]3CCCCN3C(=O)C(=O)C(C)(C)COC(=O)C=CCCN(C)C(=O)[C@H](CC3CCCCC3)NC(=O)[C@H](Cc3ccccc3)N(C)C(=O)[C@@H](C)NC(=O)CN(C)C(=O)COc3cccc2c3)cc1OC. The molecule has 0 aromatic heterocycles. The number of aryl methyl sites for hydroxylation is 1. The van der Waals surface area contributed by atoms with E-state index < -0.39 is 103 Å². The lowest BCUT2D eigenvalue weighted by molar-refractivity contribution is -0.165. The molecule has 2 fully saturated rings. The number of methoxy groups -OCH3 is 2. The van der Waals surface area contributed by atoms with Crippen molar-refractivity contribution in [3.05, 3.63) is 102 Å². The Kier molecular flexibility index (Phi) is 23.5. The van der Waals surface area contributed by atoms with Crippen molar-refractivity contribution < 1.29 is 66.8 Å². The first kappa shape index (κ1) is 63.4. The topological polar surface area (TPSA) is 237 Å². The van der Waals surface area contributed by atoms with Crippen molar-refractivity contribution in [1.82, 2.24) is 30.2 Å². The molecule has 0 unspecified atom stereocenters. The summed E-state index contributed by atoms with van der Waals surface area (Å²) in [5.74, 6) is -4.50. The molecule has 3 aromatic carbocycles. The van der Waals surface area contributed by atoms with Gasteiger partial charge in [-0.1, -0.05) is 86.7 Å². The molecule has 5 atom stereocenters. The third-order valence-electron chi connectivity index (χ3n) is 15.5. The Bertz CT molecular complexity index is 2760. The molecule has 0 spiro atoms. The summed E-state index contributed by atoms with van der Waals surface area (Å²) in [6.45, 7) is 3.38. The van der Waals surface area contributed by atoms with Crippen LogP contribution in [0.3, 0.4) is 0 Å². The van der Waals surface area contributed by atoms with Gasteiger partial charge in [0, 0.05) is 46.7 Å². The highest BCUT2D eigenvalue weighted by Crippen LogP contribution is 2.33. The predicted molar refractivity (Wildman–Crippen MR) is 304 cm³/mol. The van der Waals surface area contributed by atoms with Crippen molar-refractivity contribution in [1.29, 1.82) is 0 Å². The van der Waals surface area contributed by atoms with Crippen molar-refractivity contribution >= 4 is 53.2 Å². The van der Waals surface area contributed by atoms with Crippen LogP contribution < -0.4 is 24.8 Å². The maximum absolute atomic E-state index is 14.6. The molecule has 1 aliphatic carbocycles. The average molecular weight is 1140 g/mol. The number of fused-ring (bicyclic) bond motifs is 3. The fraction of sp³-hybridized carbons (Fsp3) is 0.532. The molecule has 1 saturated heterocycles. The lowest BCUT2D eigenvalue weighted by Gasteiger charge is -2.36.